The number of carbonyl (C=O) groups excluding carboxylic acids is 1. The standard InChI is InChI=1S/C18H25FN2O5S/c19-12-4-7-15(8-5-12)27(24,25)21-16-9-6-14(26-17(16)11-22)10-18(23)20-13-2-1-3-13/h4-5,7-8,13-14,16-17,21-22H,1-3,6,9-11H2,(H,20,23)/t14-,16+,17-/m1/s1. The van der Waals surface area contributed by atoms with Crippen molar-refractivity contribution in [2.24, 2.45) is 0 Å². The molecule has 2 fully saturated rings. The smallest absolute Gasteiger partial charge is 0.240 e. The molecule has 1 aromatic carbocycles. The quantitative estimate of drug-likeness (QED) is 0.635. The van der Waals surface area contributed by atoms with Crippen molar-refractivity contribution in [1.82, 2.24) is 10.0 Å². The maximum atomic E-state index is 13.0. The number of halogens is 1. The molecule has 1 saturated heterocycles. The van der Waals surface area contributed by atoms with Crippen LogP contribution in [0.2, 0.25) is 0 Å². The molecule has 27 heavy (non-hydrogen) atoms. The first-order valence-corrected chi connectivity index (χ1v) is 10.7. The highest BCUT2D eigenvalue weighted by Gasteiger charge is 2.35. The summed E-state index contributed by atoms with van der Waals surface area (Å²) >= 11 is 0. The van der Waals surface area contributed by atoms with Crippen molar-refractivity contribution in [1.29, 1.82) is 0 Å². The van der Waals surface area contributed by atoms with Crippen LogP contribution in [0.1, 0.15) is 38.5 Å². The topological polar surface area (TPSA) is 105 Å². The first-order valence-electron chi connectivity index (χ1n) is 9.21. The third-order valence-electron chi connectivity index (χ3n) is 5.11. The predicted molar refractivity (Wildman–Crippen MR) is 95.9 cm³/mol. The van der Waals surface area contributed by atoms with Crippen molar-refractivity contribution in [2.45, 2.75) is 67.7 Å². The van der Waals surface area contributed by atoms with Crippen LogP contribution in [0.5, 0.6) is 0 Å². The van der Waals surface area contributed by atoms with Gasteiger partial charge in [0.05, 0.1) is 36.2 Å². The summed E-state index contributed by atoms with van der Waals surface area (Å²) in [6, 6.07) is 4.16. The number of hydrogen-bond donors (Lipinski definition) is 3. The van der Waals surface area contributed by atoms with Crippen molar-refractivity contribution in [3.8, 4) is 0 Å². The summed E-state index contributed by atoms with van der Waals surface area (Å²) < 4.78 is 46.2. The number of benzene rings is 1. The number of aliphatic hydroxyl groups is 1. The summed E-state index contributed by atoms with van der Waals surface area (Å²) in [6.07, 6.45) is 3.19. The van der Waals surface area contributed by atoms with Gasteiger partial charge in [-0.2, -0.15) is 0 Å². The van der Waals surface area contributed by atoms with E-state index in [4.69, 9.17) is 4.74 Å². The summed E-state index contributed by atoms with van der Waals surface area (Å²) in [5, 5.41) is 12.5. The Morgan fingerprint density at radius 1 is 1.19 bits per heavy atom. The van der Waals surface area contributed by atoms with E-state index in [1.165, 1.54) is 12.1 Å². The van der Waals surface area contributed by atoms with Crippen molar-refractivity contribution >= 4 is 15.9 Å². The maximum Gasteiger partial charge on any atom is 0.240 e. The molecule has 0 radical (unpaired) electrons. The fourth-order valence-electron chi connectivity index (χ4n) is 3.34. The van der Waals surface area contributed by atoms with Crippen LogP contribution in [0.4, 0.5) is 4.39 Å². The Labute approximate surface area is 158 Å². The summed E-state index contributed by atoms with van der Waals surface area (Å²) in [5.74, 6) is -0.599. The third kappa shape index (κ3) is 5.25. The van der Waals surface area contributed by atoms with Gasteiger partial charge in [-0.1, -0.05) is 0 Å². The fraction of sp³-hybridized carbons (Fsp3) is 0.611. The van der Waals surface area contributed by atoms with Crippen molar-refractivity contribution in [2.75, 3.05) is 6.61 Å². The second kappa shape index (κ2) is 8.64. The monoisotopic (exact) mass is 400 g/mol. The fourth-order valence-corrected chi connectivity index (χ4v) is 4.64. The zero-order chi connectivity index (χ0) is 19.4. The Kier molecular flexibility index (Phi) is 6.46. The molecule has 1 heterocycles. The second-order valence-corrected chi connectivity index (χ2v) is 8.85. The minimum absolute atomic E-state index is 0.0532. The first kappa shape index (κ1) is 20.2. The van der Waals surface area contributed by atoms with Crippen LogP contribution in [0.25, 0.3) is 0 Å². The van der Waals surface area contributed by atoms with E-state index in [9.17, 15) is 22.7 Å². The lowest BCUT2D eigenvalue weighted by molar-refractivity contribution is -0.131. The number of ether oxygens (including phenoxy) is 1. The Morgan fingerprint density at radius 2 is 1.89 bits per heavy atom. The molecule has 150 valence electrons. The zero-order valence-electron chi connectivity index (χ0n) is 14.9. The molecular formula is C18H25FN2O5S. The van der Waals surface area contributed by atoms with Gasteiger partial charge in [-0.15, -0.1) is 0 Å². The molecule has 1 amide bonds. The average Bonchev–Trinajstić information content (AvgIpc) is 2.59. The molecule has 1 aliphatic carbocycles. The van der Waals surface area contributed by atoms with Gasteiger partial charge in [0, 0.05) is 6.04 Å². The van der Waals surface area contributed by atoms with E-state index in [-0.39, 0.29) is 36.0 Å². The van der Waals surface area contributed by atoms with E-state index in [2.05, 4.69) is 10.0 Å². The molecule has 0 spiro atoms. The molecule has 0 bridgehead atoms. The van der Waals surface area contributed by atoms with E-state index in [0.29, 0.717) is 12.8 Å². The normalized spacial score (nSPS) is 26.4. The van der Waals surface area contributed by atoms with Crippen molar-refractivity contribution in [3.05, 3.63) is 30.1 Å². The minimum Gasteiger partial charge on any atom is -0.394 e. The largest absolute Gasteiger partial charge is 0.394 e. The minimum atomic E-state index is -3.86. The Morgan fingerprint density at radius 3 is 2.48 bits per heavy atom. The van der Waals surface area contributed by atoms with E-state index in [1.54, 1.807) is 0 Å². The maximum absolute atomic E-state index is 13.0. The number of aliphatic hydroxyl groups excluding tert-OH is 1. The number of nitrogens with one attached hydrogen (secondary N) is 2. The Balaban J connectivity index is 1.56. The lowest BCUT2D eigenvalue weighted by atomic mass is 9.92. The molecular weight excluding hydrogens is 375 g/mol. The third-order valence-corrected chi connectivity index (χ3v) is 6.62. The number of hydrogen-bond acceptors (Lipinski definition) is 5. The molecule has 0 aromatic heterocycles. The van der Waals surface area contributed by atoms with Gasteiger partial charge < -0.3 is 15.2 Å². The lowest BCUT2D eigenvalue weighted by Gasteiger charge is -2.36. The average molecular weight is 400 g/mol. The molecule has 9 heteroatoms. The van der Waals surface area contributed by atoms with Crippen LogP contribution in [-0.2, 0) is 19.6 Å². The van der Waals surface area contributed by atoms with E-state index in [0.717, 1.165) is 31.4 Å². The van der Waals surface area contributed by atoms with Crippen LogP contribution >= 0.6 is 0 Å². The number of sulfonamides is 1. The van der Waals surface area contributed by atoms with Gasteiger partial charge in [0.15, 0.2) is 0 Å². The van der Waals surface area contributed by atoms with Crippen molar-refractivity contribution in [3.63, 3.8) is 0 Å². The SMILES string of the molecule is O=C(C[C@H]1CC[C@H](NS(=O)(=O)c2ccc(F)cc2)[C@@H](CO)O1)NC1CCC1. The van der Waals surface area contributed by atoms with Crippen LogP contribution in [0.3, 0.4) is 0 Å². The van der Waals surface area contributed by atoms with E-state index < -0.39 is 28.0 Å². The molecule has 3 atom stereocenters. The molecule has 2 aliphatic rings. The summed E-state index contributed by atoms with van der Waals surface area (Å²) in [5.41, 5.74) is 0. The summed E-state index contributed by atoms with van der Waals surface area (Å²) in [7, 11) is -3.86. The molecule has 0 unspecified atom stereocenters. The van der Waals surface area contributed by atoms with Crippen LogP contribution in [0.15, 0.2) is 29.2 Å². The predicted octanol–water partition coefficient (Wildman–Crippen LogP) is 1.07. The summed E-state index contributed by atoms with van der Waals surface area (Å²) in [4.78, 5) is 12.0. The van der Waals surface area contributed by atoms with Crippen molar-refractivity contribution < 1.29 is 27.4 Å². The molecule has 3 rings (SSSR count). The first-order chi connectivity index (χ1) is 12.9. The van der Waals surface area contributed by atoms with E-state index >= 15 is 0 Å². The van der Waals surface area contributed by atoms with Crippen LogP contribution in [-0.4, -0.2) is 50.3 Å². The molecule has 1 aliphatic heterocycles. The zero-order valence-corrected chi connectivity index (χ0v) is 15.8. The Hall–Kier alpha value is -1.55. The van der Waals surface area contributed by atoms with Gasteiger partial charge in [-0.25, -0.2) is 17.5 Å². The van der Waals surface area contributed by atoms with Crippen LogP contribution in [0, 0.1) is 5.82 Å². The number of amides is 1. The summed E-state index contributed by atoms with van der Waals surface area (Å²) in [6.45, 7) is -0.364. The number of rotatable bonds is 7. The molecule has 3 N–H and O–H groups in total. The highest BCUT2D eigenvalue weighted by Crippen LogP contribution is 2.24. The van der Waals surface area contributed by atoms with Gasteiger partial charge in [0.1, 0.15) is 5.82 Å². The molecule has 1 aromatic rings. The van der Waals surface area contributed by atoms with Gasteiger partial charge in [0.25, 0.3) is 0 Å². The Bertz CT molecular complexity index is 752. The molecule has 7 nitrogen and oxygen atoms in total. The van der Waals surface area contributed by atoms with Gasteiger partial charge in [-0.05, 0) is 56.4 Å². The highest BCUT2D eigenvalue weighted by atomic mass is 32.2. The highest BCUT2D eigenvalue weighted by molar-refractivity contribution is 7.89. The molecule has 1 saturated carbocycles. The van der Waals surface area contributed by atoms with E-state index in [1.807, 2.05) is 0 Å². The lowest BCUT2D eigenvalue weighted by Crippen LogP contribution is -2.51. The van der Waals surface area contributed by atoms with Crippen LogP contribution < -0.4 is 10.0 Å². The van der Waals surface area contributed by atoms with Gasteiger partial charge in [-0.3, -0.25) is 4.79 Å². The second-order valence-electron chi connectivity index (χ2n) is 7.14. The van der Waals surface area contributed by atoms with Gasteiger partial charge in [0.2, 0.25) is 15.9 Å². The van der Waals surface area contributed by atoms with Gasteiger partial charge >= 0.3 is 0 Å². The number of carbonyl (C=O) groups is 1.